The van der Waals surface area contributed by atoms with E-state index < -0.39 is 30.4 Å². The molecular weight excluding hydrogens is 392 g/mol. The van der Waals surface area contributed by atoms with Crippen LogP contribution in [0.5, 0.6) is 0 Å². The normalized spacial score (nSPS) is 11.4. The maximum atomic E-state index is 12.3. The summed E-state index contributed by atoms with van der Waals surface area (Å²) in [5.74, 6) is -1.63. The first-order chi connectivity index (χ1) is 13.9. The van der Waals surface area contributed by atoms with E-state index in [1.165, 1.54) is 6.92 Å². The number of para-hydroxylation sites is 1. The van der Waals surface area contributed by atoms with Gasteiger partial charge in [0.1, 0.15) is 6.04 Å². The fourth-order valence-electron chi connectivity index (χ4n) is 2.82. The van der Waals surface area contributed by atoms with Crippen molar-refractivity contribution in [1.82, 2.24) is 5.32 Å². The molecule has 2 rings (SSSR count). The van der Waals surface area contributed by atoms with E-state index in [4.69, 9.17) is 16.3 Å². The summed E-state index contributed by atoms with van der Waals surface area (Å²) in [7, 11) is 0. The van der Waals surface area contributed by atoms with Crippen molar-refractivity contribution in [2.75, 3.05) is 11.9 Å². The van der Waals surface area contributed by atoms with Crippen LogP contribution in [-0.2, 0) is 27.2 Å². The Hall–Kier alpha value is -2.86. The average molecular weight is 417 g/mol. The van der Waals surface area contributed by atoms with E-state index >= 15 is 0 Å². The molecule has 0 aliphatic heterocycles. The molecule has 2 N–H and O–H groups in total. The van der Waals surface area contributed by atoms with Gasteiger partial charge in [0.15, 0.2) is 6.61 Å². The molecular formula is C22H25ClN2O4. The number of hydrogen-bond acceptors (Lipinski definition) is 4. The van der Waals surface area contributed by atoms with Crippen molar-refractivity contribution in [3.05, 3.63) is 64.2 Å². The summed E-state index contributed by atoms with van der Waals surface area (Å²) in [5.41, 5.74) is 3.06. The highest BCUT2D eigenvalue weighted by Gasteiger charge is 2.20. The van der Waals surface area contributed by atoms with Gasteiger partial charge < -0.3 is 15.4 Å². The number of esters is 1. The lowest BCUT2D eigenvalue weighted by Crippen LogP contribution is -2.40. The second-order valence-corrected chi connectivity index (χ2v) is 6.90. The number of ether oxygens (including phenoxy) is 1. The van der Waals surface area contributed by atoms with Gasteiger partial charge in [0.25, 0.3) is 11.8 Å². The van der Waals surface area contributed by atoms with Gasteiger partial charge in [-0.3, -0.25) is 9.59 Å². The van der Waals surface area contributed by atoms with Gasteiger partial charge in [-0.15, -0.1) is 0 Å². The zero-order valence-corrected chi connectivity index (χ0v) is 17.5. The van der Waals surface area contributed by atoms with Crippen molar-refractivity contribution in [3.63, 3.8) is 0 Å². The maximum Gasteiger partial charge on any atom is 0.328 e. The number of hydrogen-bond donors (Lipinski definition) is 2. The Morgan fingerprint density at radius 1 is 1.00 bits per heavy atom. The third-order valence-corrected chi connectivity index (χ3v) is 4.76. The minimum Gasteiger partial charge on any atom is -0.454 e. The van der Waals surface area contributed by atoms with Gasteiger partial charge in [0, 0.05) is 5.69 Å². The van der Waals surface area contributed by atoms with Crippen molar-refractivity contribution in [2.45, 2.75) is 39.7 Å². The maximum absolute atomic E-state index is 12.3. The molecule has 0 heterocycles. The molecule has 7 heteroatoms. The standard InChI is InChI=1S/C22H25ClN2O4/c1-4-15-9-8-10-16(5-2)20(15)25-19(26)13-29-22(28)14(3)24-21(27)17-11-6-7-12-18(17)23/h6-12,14H,4-5,13H2,1-3H3,(H,24,27)(H,25,26)/t14-/m0/s1. The molecule has 2 aromatic carbocycles. The summed E-state index contributed by atoms with van der Waals surface area (Å²) in [5, 5.41) is 5.63. The highest BCUT2D eigenvalue weighted by Crippen LogP contribution is 2.22. The zero-order valence-electron chi connectivity index (χ0n) is 16.8. The Kier molecular flexibility index (Phi) is 8.21. The van der Waals surface area contributed by atoms with Crippen LogP contribution in [0.4, 0.5) is 5.69 Å². The van der Waals surface area contributed by atoms with Crippen LogP contribution in [0.1, 0.15) is 42.3 Å². The van der Waals surface area contributed by atoms with E-state index in [-0.39, 0.29) is 10.6 Å². The second kappa shape index (κ2) is 10.6. The monoisotopic (exact) mass is 416 g/mol. The Labute approximate surface area is 175 Å². The Morgan fingerprint density at radius 2 is 1.62 bits per heavy atom. The summed E-state index contributed by atoms with van der Waals surface area (Å²) >= 11 is 5.98. The predicted octanol–water partition coefficient (Wildman–Crippen LogP) is 3.77. The number of benzene rings is 2. The number of rotatable bonds is 8. The molecule has 0 saturated carbocycles. The van der Waals surface area contributed by atoms with Crippen LogP contribution in [0.3, 0.4) is 0 Å². The number of amides is 2. The molecule has 0 bridgehead atoms. The van der Waals surface area contributed by atoms with Crippen LogP contribution in [0.15, 0.2) is 42.5 Å². The van der Waals surface area contributed by atoms with Crippen LogP contribution in [0.2, 0.25) is 5.02 Å². The largest absolute Gasteiger partial charge is 0.454 e. The van der Waals surface area contributed by atoms with Gasteiger partial charge in [0.2, 0.25) is 0 Å². The third kappa shape index (κ3) is 6.06. The fraction of sp³-hybridized carbons (Fsp3) is 0.318. The molecule has 0 radical (unpaired) electrons. The van der Waals surface area contributed by atoms with Crippen LogP contribution in [0.25, 0.3) is 0 Å². The summed E-state index contributed by atoms with van der Waals surface area (Å²) in [4.78, 5) is 36.6. The second-order valence-electron chi connectivity index (χ2n) is 6.49. The van der Waals surface area contributed by atoms with Gasteiger partial charge in [-0.05, 0) is 43.0 Å². The lowest BCUT2D eigenvalue weighted by molar-refractivity contribution is -0.148. The van der Waals surface area contributed by atoms with Gasteiger partial charge in [-0.1, -0.05) is 55.8 Å². The lowest BCUT2D eigenvalue weighted by atomic mass is 10.0. The first kappa shape index (κ1) is 22.4. The third-order valence-electron chi connectivity index (χ3n) is 4.43. The summed E-state index contributed by atoms with van der Waals surface area (Å²) in [6.07, 6.45) is 1.54. The lowest BCUT2D eigenvalue weighted by Gasteiger charge is -2.16. The molecule has 2 aromatic rings. The van der Waals surface area contributed by atoms with Crippen LogP contribution >= 0.6 is 11.6 Å². The topological polar surface area (TPSA) is 84.5 Å². The average Bonchev–Trinajstić information content (AvgIpc) is 2.72. The first-order valence-corrected chi connectivity index (χ1v) is 9.87. The van der Waals surface area contributed by atoms with Crippen molar-refractivity contribution in [2.24, 2.45) is 0 Å². The molecule has 154 valence electrons. The molecule has 0 unspecified atom stereocenters. The molecule has 6 nitrogen and oxygen atoms in total. The summed E-state index contributed by atoms with van der Waals surface area (Å²) < 4.78 is 5.05. The van der Waals surface area contributed by atoms with Crippen molar-refractivity contribution in [3.8, 4) is 0 Å². The van der Waals surface area contributed by atoms with E-state index in [1.807, 2.05) is 32.0 Å². The molecule has 0 saturated heterocycles. The zero-order chi connectivity index (χ0) is 21.4. The van der Waals surface area contributed by atoms with E-state index in [0.29, 0.717) is 0 Å². The van der Waals surface area contributed by atoms with Gasteiger partial charge in [-0.25, -0.2) is 4.79 Å². The number of nitrogens with one attached hydrogen (secondary N) is 2. The molecule has 1 atom stereocenters. The van der Waals surface area contributed by atoms with Gasteiger partial charge in [-0.2, -0.15) is 0 Å². The summed E-state index contributed by atoms with van der Waals surface area (Å²) in [6, 6.07) is 11.4. The van der Waals surface area contributed by atoms with Gasteiger partial charge >= 0.3 is 5.97 Å². The van der Waals surface area contributed by atoms with Crippen LogP contribution < -0.4 is 10.6 Å². The van der Waals surface area contributed by atoms with Crippen molar-refractivity contribution in [1.29, 1.82) is 0 Å². The Balaban J connectivity index is 1.91. The van der Waals surface area contributed by atoms with Crippen LogP contribution in [0, 0.1) is 0 Å². The molecule has 2 amide bonds. The van der Waals surface area contributed by atoms with E-state index in [2.05, 4.69) is 10.6 Å². The highest BCUT2D eigenvalue weighted by molar-refractivity contribution is 6.33. The van der Waals surface area contributed by atoms with E-state index in [1.54, 1.807) is 24.3 Å². The Bertz CT molecular complexity index is 876. The molecule has 29 heavy (non-hydrogen) atoms. The first-order valence-electron chi connectivity index (χ1n) is 9.50. The number of aryl methyl sites for hydroxylation is 2. The fourth-order valence-corrected chi connectivity index (χ4v) is 3.04. The predicted molar refractivity (Wildman–Crippen MR) is 113 cm³/mol. The minimum atomic E-state index is -0.930. The van der Waals surface area contributed by atoms with Crippen LogP contribution in [-0.4, -0.2) is 30.4 Å². The van der Waals surface area contributed by atoms with Gasteiger partial charge in [0.05, 0.1) is 10.6 Å². The number of anilines is 1. The van der Waals surface area contributed by atoms with E-state index in [9.17, 15) is 14.4 Å². The minimum absolute atomic E-state index is 0.259. The van der Waals surface area contributed by atoms with E-state index in [0.717, 1.165) is 29.7 Å². The molecule has 0 aliphatic rings. The molecule has 0 aromatic heterocycles. The number of halogens is 1. The molecule has 0 aliphatic carbocycles. The molecule has 0 fully saturated rings. The quantitative estimate of drug-likeness (QED) is 0.641. The number of carbonyl (C=O) groups excluding carboxylic acids is 3. The smallest absolute Gasteiger partial charge is 0.328 e. The molecule has 0 spiro atoms. The Morgan fingerprint density at radius 3 is 2.21 bits per heavy atom. The highest BCUT2D eigenvalue weighted by atomic mass is 35.5. The summed E-state index contributed by atoms with van der Waals surface area (Å²) in [6.45, 7) is 5.06. The number of carbonyl (C=O) groups is 3. The van der Waals surface area contributed by atoms with Crippen molar-refractivity contribution >= 4 is 35.1 Å². The SMILES string of the molecule is CCc1cccc(CC)c1NC(=O)COC(=O)[C@H](C)NC(=O)c1ccccc1Cl. The van der Waals surface area contributed by atoms with Crippen molar-refractivity contribution < 1.29 is 19.1 Å².